The molecule has 16 heteroatoms. The number of thioether (sulfide) groups is 1. The highest BCUT2D eigenvalue weighted by atomic mass is 32.2. The molecule has 0 spiro atoms. The molecule has 2 aliphatic heterocycles. The van der Waals surface area contributed by atoms with E-state index in [1.54, 1.807) is 14.7 Å². The number of amides is 6. The largest absolute Gasteiger partial charge is 0.356 e. The molecule has 0 bridgehead atoms. The molecule has 0 aliphatic carbocycles. The zero-order valence-corrected chi connectivity index (χ0v) is 35.9. The minimum Gasteiger partial charge on any atom is -0.356 e. The molecular weight excluding hydrogens is 747 g/mol. The van der Waals surface area contributed by atoms with Crippen molar-refractivity contribution in [3.8, 4) is 0 Å². The van der Waals surface area contributed by atoms with E-state index in [9.17, 15) is 28.8 Å². The number of fused-ring (bicyclic) bond motifs is 1. The van der Waals surface area contributed by atoms with Gasteiger partial charge in [-0.3, -0.25) is 24.0 Å². The zero-order valence-electron chi connectivity index (χ0n) is 35.1. The number of hydrogen-bond acceptors (Lipinski definition) is 10. The molecule has 2 heterocycles. The van der Waals surface area contributed by atoms with Crippen LogP contribution < -0.4 is 33.2 Å². The second kappa shape index (κ2) is 31.0. The van der Waals surface area contributed by atoms with Gasteiger partial charge in [-0.1, -0.05) is 25.7 Å². The van der Waals surface area contributed by atoms with Crippen LogP contribution in [0.1, 0.15) is 135 Å². The van der Waals surface area contributed by atoms with Gasteiger partial charge < -0.3 is 47.9 Å². The quantitative estimate of drug-likeness (QED) is 0.0405. The van der Waals surface area contributed by atoms with E-state index >= 15 is 0 Å². The molecule has 0 saturated carbocycles. The van der Waals surface area contributed by atoms with Gasteiger partial charge in [0.25, 0.3) is 0 Å². The van der Waals surface area contributed by atoms with Crippen molar-refractivity contribution < 1.29 is 28.8 Å². The van der Waals surface area contributed by atoms with E-state index in [-0.39, 0.29) is 60.6 Å². The SMILES string of the molecule is CCN(CCCCN)C(=O)CN(CCCCN)C(=O)CN(CCCCN)C(=O)CCCCCCC(=O)CCCCCNC(=O)CCCCC1SC[C@H]2NC(=O)N[C@@H]12. The van der Waals surface area contributed by atoms with Gasteiger partial charge in [-0.25, -0.2) is 4.79 Å². The predicted octanol–water partition coefficient (Wildman–Crippen LogP) is 3.02. The molecule has 9 N–H and O–H groups in total. The average Bonchev–Trinajstić information content (AvgIpc) is 3.75. The summed E-state index contributed by atoms with van der Waals surface area (Å²) < 4.78 is 0. The van der Waals surface area contributed by atoms with Crippen LogP contribution >= 0.6 is 11.8 Å². The van der Waals surface area contributed by atoms with Gasteiger partial charge in [0.2, 0.25) is 23.6 Å². The van der Waals surface area contributed by atoms with Gasteiger partial charge in [0, 0.05) is 69.4 Å². The van der Waals surface area contributed by atoms with Crippen molar-refractivity contribution >= 4 is 47.2 Å². The topological polar surface area (TPSA) is 226 Å². The van der Waals surface area contributed by atoms with Gasteiger partial charge >= 0.3 is 6.03 Å². The number of carbonyl (C=O) groups excluding carboxylic acids is 6. The first kappa shape index (κ1) is 50.2. The number of Topliss-reactive ketones (excluding diaryl/α,β-unsaturated/α-hetero) is 1. The lowest BCUT2D eigenvalue weighted by atomic mass is 10.0. The van der Waals surface area contributed by atoms with E-state index in [2.05, 4.69) is 16.0 Å². The summed E-state index contributed by atoms with van der Waals surface area (Å²) in [5.41, 5.74) is 17.0. The Hall–Kier alpha value is -2.95. The van der Waals surface area contributed by atoms with Gasteiger partial charge in [0.15, 0.2) is 0 Å². The molecule has 328 valence electrons. The van der Waals surface area contributed by atoms with Crippen molar-refractivity contribution in [1.82, 2.24) is 30.7 Å². The number of likely N-dealkylation sites (N-methyl/N-ethyl adjacent to an activating group) is 1. The van der Waals surface area contributed by atoms with Gasteiger partial charge in [0.05, 0.1) is 25.2 Å². The fourth-order valence-electron chi connectivity index (χ4n) is 7.36. The molecule has 2 saturated heterocycles. The van der Waals surface area contributed by atoms with E-state index in [1.807, 2.05) is 18.7 Å². The Morgan fingerprint density at radius 1 is 0.632 bits per heavy atom. The standard InChI is InChI=1S/C41H77N9O6S/c1-2-48(27-15-11-23-42)38(54)30-50(29-17-13-25-44)39(55)31-49(28-16-12-24-43)37(53)22-8-4-3-6-18-33(51)19-7-5-14-26-45-36(52)21-10-9-20-35-40-34(32-57-35)46-41(56)47-40/h34-35,40H,2-32,42-44H2,1H3,(H,45,52)(H2,46,47,56)/t34-,35?,40-/m1/s1. The number of hydrogen-bond donors (Lipinski definition) is 6. The molecule has 0 aromatic carbocycles. The third kappa shape index (κ3) is 21.6. The highest BCUT2D eigenvalue weighted by Gasteiger charge is 2.42. The Kier molecular flexibility index (Phi) is 27.3. The summed E-state index contributed by atoms with van der Waals surface area (Å²) >= 11 is 1.90. The van der Waals surface area contributed by atoms with Crippen LogP contribution in [-0.2, 0) is 24.0 Å². The maximum atomic E-state index is 13.6. The summed E-state index contributed by atoms with van der Waals surface area (Å²) in [6.07, 6.45) is 15.0. The summed E-state index contributed by atoms with van der Waals surface area (Å²) in [5, 5.41) is 9.39. The maximum absolute atomic E-state index is 13.6. The van der Waals surface area contributed by atoms with Crippen molar-refractivity contribution in [3.63, 3.8) is 0 Å². The van der Waals surface area contributed by atoms with E-state index in [0.29, 0.717) is 103 Å². The Bertz CT molecular complexity index is 1200. The van der Waals surface area contributed by atoms with Gasteiger partial charge in [-0.05, 0) is 104 Å². The molecule has 15 nitrogen and oxygen atoms in total. The molecule has 0 radical (unpaired) electrons. The number of carbonyl (C=O) groups is 6. The van der Waals surface area contributed by atoms with E-state index in [0.717, 1.165) is 89.2 Å². The molecule has 1 unspecified atom stereocenters. The van der Waals surface area contributed by atoms with Crippen molar-refractivity contribution in [1.29, 1.82) is 0 Å². The monoisotopic (exact) mass is 824 g/mol. The number of nitrogens with one attached hydrogen (secondary N) is 3. The van der Waals surface area contributed by atoms with Gasteiger partial charge in [-0.2, -0.15) is 11.8 Å². The summed E-state index contributed by atoms with van der Waals surface area (Å²) in [7, 11) is 0. The van der Waals surface area contributed by atoms with E-state index < -0.39 is 0 Å². The van der Waals surface area contributed by atoms with Crippen LogP contribution in [0.3, 0.4) is 0 Å². The second-order valence-electron chi connectivity index (χ2n) is 15.6. The minimum atomic E-state index is -0.234. The lowest BCUT2D eigenvalue weighted by molar-refractivity contribution is -0.144. The molecule has 0 aromatic rings. The maximum Gasteiger partial charge on any atom is 0.315 e. The summed E-state index contributed by atoms with van der Waals surface area (Å²) in [6, 6.07) is 0.375. The van der Waals surface area contributed by atoms with Crippen LogP contribution in [-0.4, -0.2) is 139 Å². The van der Waals surface area contributed by atoms with E-state index in [4.69, 9.17) is 17.2 Å². The summed E-state index contributed by atoms with van der Waals surface area (Å²) in [5.74, 6) is 0.867. The smallest absolute Gasteiger partial charge is 0.315 e. The number of urea groups is 1. The van der Waals surface area contributed by atoms with Crippen LogP contribution in [0.15, 0.2) is 0 Å². The molecular formula is C41H77N9O6S. The fourth-order valence-corrected chi connectivity index (χ4v) is 8.90. The van der Waals surface area contributed by atoms with Crippen LogP contribution in [0.5, 0.6) is 0 Å². The van der Waals surface area contributed by atoms with Crippen LogP contribution in [0.4, 0.5) is 4.79 Å². The first-order valence-corrected chi connectivity index (χ1v) is 23.1. The first-order valence-electron chi connectivity index (χ1n) is 22.0. The molecule has 2 fully saturated rings. The van der Waals surface area contributed by atoms with Crippen molar-refractivity contribution in [2.24, 2.45) is 17.2 Å². The number of unbranched alkanes of at least 4 members (excludes halogenated alkanes) is 9. The molecule has 0 aromatic heterocycles. The number of nitrogens with zero attached hydrogens (tertiary/aromatic N) is 3. The Morgan fingerprint density at radius 3 is 1.75 bits per heavy atom. The third-order valence-electron chi connectivity index (χ3n) is 10.9. The van der Waals surface area contributed by atoms with Crippen molar-refractivity contribution in [2.45, 2.75) is 153 Å². The summed E-state index contributed by atoms with van der Waals surface area (Å²) in [6.45, 7) is 6.06. The lowest BCUT2D eigenvalue weighted by Crippen LogP contribution is -2.48. The molecule has 2 aliphatic rings. The minimum absolute atomic E-state index is 0.0214. The van der Waals surface area contributed by atoms with Gasteiger partial charge in [-0.15, -0.1) is 0 Å². The van der Waals surface area contributed by atoms with Crippen LogP contribution in [0.2, 0.25) is 0 Å². The lowest BCUT2D eigenvalue weighted by Gasteiger charge is -2.30. The number of ketones is 1. The third-order valence-corrected chi connectivity index (χ3v) is 12.4. The second-order valence-corrected chi connectivity index (χ2v) is 16.8. The van der Waals surface area contributed by atoms with Crippen molar-refractivity contribution in [2.75, 3.05) is 71.2 Å². The Balaban J connectivity index is 1.60. The molecule has 6 amide bonds. The first-order chi connectivity index (χ1) is 27.6. The fraction of sp³-hybridized carbons (Fsp3) is 0.854. The molecule has 3 atom stereocenters. The zero-order chi connectivity index (χ0) is 41.7. The number of rotatable bonds is 35. The Morgan fingerprint density at radius 2 is 1.16 bits per heavy atom. The molecule has 57 heavy (non-hydrogen) atoms. The predicted molar refractivity (Wildman–Crippen MR) is 228 cm³/mol. The van der Waals surface area contributed by atoms with Crippen LogP contribution in [0.25, 0.3) is 0 Å². The van der Waals surface area contributed by atoms with Crippen LogP contribution in [0, 0.1) is 0 Å². The average molecular weight is 824 g/mol. The number of nitrogens with two attached hydrogens (primary N) is 3. The van der Waals surface area contributed by atoms with Gasteiger partial charge in [0.1, 0.15) is 5.78 Å². The molecule has 2 rings (SSSR count). The normalized spacial score (nSPS) is 17.1. The Labute approximate surface area is 346 Å². The highest BCUT2D eigenvalue weighted by molar-refractivity contribution is 8.00. The summed E-state index contributed by atoms with van der Waals surface area (Å²) in [4.78, 5) is 81.2. The van der Waals surface area contributed by atoms with E-state index in [1.165, 1.54) is 0 Å². The highest BCUT2D eigenvalue weighted by Crippen LogP contribution is 2.33. The van der Waals surface area contributed by atoms with Crippen molar-refractivity contribution in [3.05, 3.63) is 0 Å².